The van der Waals surface area contributed by atoms with Gasteiger partial charge in [0, 0.05) is 23.6 Å². The maximum Gasteiger partial charge on any atom is 0.412 e. The molecule has 1 amide bonds. The van der Waals surface area contributed by atoms with E-state index in [2.05, 4.69) is 22.4 Å². The Morgan fingerprint density at radius 3 is 2.51 bits per heavy atom. The van der Waals surface area contributed by atoms with Gasteiger partial charge in [0.25, 0.3) is 0 Å². The molecule has 0 unspecified atom stereocenters. The van der Waals surface area contributed by atoms with E-state index in [1.54, 1.807) is 20.4 Å². The number of fused-ring (bicyclic) bond motifs is 1. The lowest BCUT2D eigenvalue weighted by atomic mass is 10.0. The minimum atomic E-state index is -0.611. The number of aryl methyl sites for hydroxylation is 2. The van der Waals surface area contributed by atoms with E-state index < -0.39 is 11.7 Å². The first kappa shape index (κ1) is 25.9. The molecule has 0 fully saturated rings. The van der Waals surface area contributed by atoms with Crippen LogP contribution in [-0.4, -0.2) is 35.9 Å². The highest BCUT2D eigenvalue weighted by Crippen LogP contribution is 2.33. The van der Waals surface area contributed by atoms with Crippen molar-refractivity contribution in [2.24, 2.45) is 0 Å². The minimum absolute atomic E-state index is 0.520. The third-order valence-corrected chi connectivity index (χ3v) is 5.84. The number of hydrogen-bond donors (Lipinski definition) is 1. The molecule has 0 saturated carbocycles. The van der Waals surface area contributed by atoms with Gasteiger partial charge in [-0.15, -0.1) is 0 Å². The molecule has 1 heterocycles. The zero-order chi connectivity index (χ0) is 26.4. The molecule has 4 rings (SSSR count). The molecule has 0 aliphatic carbocycles. The predicted molar refractivity (Wildman–Crippen MR) is 146 cm³/mol. The molecular weight excluding hydrogens is 466 g/mol. The molecule has 3 aromatic carbocycles. The average molecular weight is 500 g/mol. The average Bonchev–Trinajstić information content (AvgIpc) is 2.87. The van der Waals surface area contributed by atoms with Crippen LogP contribution < -0.4 is 14.8 Å². The Bertz CT molecular complexity index is 1400. The zero-order valence-corrected chi connectivity index (χ0v) is 22.0. The van der Waals surface area contributed by atoms with Crippen molar-refractivity contribution in [3.63, 3.8) is 0 Å². The molecule has 0 radical (unpaired) electrons. The van der Waals surface area contributed by atoms with Crippen molar-refractivity contribution in [3.8, 4) is 22.8 Å². The summed E-state index contributed by atoms with van der Waals surface area (Å²) in [5.41, 5.74) is 2.84. The van der Waals surface area contributed by atoms with E-state index in [0.29, 0.717) is 11.4 Å². The molecule has 0 saturated heterocycles. The first-order valence-corrected chi connectivity index (χ1v) is 12.3. The predicted octanol–water partition coefficient (Wildman–Crippen LogP) is 6.84. The SMILES string of the molecule is COc1ccc2cc(-c3ccnc(CCCc4ccccc4OC)n3)cc(NC(=O)OC(C)(C)C)c2c1. The van der Waals surface area contributed by atoms with Crippen molar-refractivity contribution in [1.82, 2.24) is 9.97 Å². The van der Waals surface area contributed by atoms with Crippen LogP contribution in [0.3, 0.4) is 0 Å². The fourth-order valence-corrected chi connectivity index (χ4v) is 4.16. The number of nitrogens with zero attached hydrogens (tertiary/aromatic N) is 2. The van der Waals surface area contributed by atoms with Crippen LogP contribution in [0.5, 0.6) is 11.5 Å². The van der Waals surface area contributed by atoms with E-state index >= 15 is 0 Å². The highest BCUT2D eigenvalue weighted by molar-refractivity contribution is 6.03. The van der Waals surface area contributed by atoms with E-state index in [0.717, 1.165) is 52.9 Å². The van der Waals surface area contributed by atoms with Crippen LogP contribution in [0.4, 0.5) is 10.5 Å². The molecule has 0 aliphatic rings. The number of hydrogen-bond acceptors (Lipinski definition) is 6. The van der Waals surface area contributed by atoms with Gasteiger partial charge in [0.2, 0.25) is 0 Å². The topological polar surface area (TPSA) is 82.6 Å². The summed E-state index contributed by atoms with van der Waals surface area (Å²) in [6, 6.07) is 19.7. The fraction of sp³-hybridized carbons (Fsp3) is 0.300. The smallest absolute Gasteiger partial charge is 0.412 e. The van der Waals surface area contributed by atoms with Crippen molar-refractivity contribution < 1.29 is 19.0 Å². The van der Waals surface area contributed by atoms with Crippen LogP contribution in [0.1, 0.15) is 38.6 Å². The van der Waals surface area contributed by atoms with Crippen LogP contribution in [0.2, 0.25) is 0 Å². The van der Waals surface area contributed by atoms with Crippen molar-refractivity contribution >= 4 is 22.6 Å². The number of ether oxygens (including phenoxy) is 3. The second-order valence-corrected chi connectivity index (χ2v) is 9.76. The zero-order valence-electron chi connectivity index (χ0n) is 22.0. The van der Waals surface area contributed by atoms with Crippen LogP contribution in [0, 0.1) is 0 Å². The van der Waals surface area contributed by atoms with Crippen LogP contribution in [-0.2, 0) is 17.6 Å². The van der Waals surface area contributed by atoms with E-state index in [1.165, 1.54) is 5.56 Å². The van der Waals surface area contributed by atoms with Gasteiger partial charge in [0.05, 0.1) is 25.6 Å². The van der Waals surface area contributed by atoms with Crippen molar-refractivity contribution in [2.75, 3.05) is 19.5 Å². The first-order valence-electron chi connectivity index (χ1n) is 12.3. The van der Waals surface area contributed by atoms with Gasteiger partial charge in [0.15, 0.2) is 0 Å². The number of nitrogens with one attached hydrogen (secondary N) is 1. The van der Waals surface area contributed by atoms with Gasteiger partial charge in [0.1, 0.15) is 22.9 Å². The molecule has 37 heavy (non-hydrogen) atoms. The van der Waals surface area contributed by atoms with Crippen LogP contribution in [0.15, 0.2) is 66.9 Å². The summed E-state index contributed by atoms with van der Waals surface area (Å²) in [5, 5.41) is 4.70. The quantitative estimate of drug-likeness (QED) is 0.286. The summed E-state index contributed by atoms with van der Waals surface area (Å²) in [5.74, 6) is 2.37. The van der Waals surface area contributed by atoms with Crippen molar-refractivity contribution in [2.45, 2.75) is 45.6 Å². The Hall–Kier alpha value is -4.13. The Morgan fingerprint density at radius 2 is 1.76 bits per heavy atom. The number of amides is 1. The molecule has 7 heteroatoms. The molecule has 192 valence electrons. The van der Waals surface area contributed by atoms with Crippen LogP contribution >= 0.6 is 0 Å². The lowest BCUT2D eigenvalue weighted by molar-refractivity contribution is 0.0636. The summed E-state index contributed by atoms with van der Waals surface area (Å²) in [7, 11) is 3.31. The Morgan fingerprint density at radius 1 is 0.946 bits per heavy atom. The van der Waals surface area contributed by atoms with E-state index in [1.807, 2.05) is 69.3 Å². The molecule has 1 N–H and O–H groups in total. The first-order chi connectivity index (χ1) is 17.8. The van der Waals surface area contributed by atoms with Gasteiger partial charge in [-0.05, 0) is 81.0 Å². The standard InChI is InChI=1S/C30H33N3O4/c1-30(2,3)37-29(34)33-26-18-22(17-21-13-14-23(35-4)19-24(21)26)25-15-16-31-28(32-25)12-8-10-20-9-6-7-11-27(20)36-5/h6-7,9,11,13-19H,8,10,12H2,1-5H3,(H,33,34). The number of para-hydroxylation sites is 1. The summed E-state index contributed by atoms with van der Waals surface area (Å²) >= 11 is 0. The molecule has 0 aliphatic heterocycles. The highest BCUT2D eigenvalue weighted by atomic mass is 16.6. The lowest BCUT2D eigenvalue weighted by Crippen LogP contribution is -2.27. The number of carbonyl (C=O) groups excluding carboxylic acids is 1. The van der Waals surface area contributed by atoms with Gasteiger partial charge < -0.3 is 14.2 Å². The molecule has 0 spiro atoms. The maximum absolute atomic E-state index is 12.6. The second-order valence-electron chi connectivity index (χ2n) is 9.76. The Kier molecular flexibility index (Phi) is 7.92. The largest absolute Gasteiger partial charge is 0.497 e. The molecule has 1 aromatic heterocycles. The minimum Gasteiger partial charge on any atom is -0.497 e. The van der Waals surface area contributed by atoms with Gasteiger partial charge in [-0.1, -0.05) is 24.3 Å². The second kappa shape index (κ2) is 11.3. The highest BCUT2D eigenvalue weighted by Gasteiger charge is 2.18. The normalized spacial score (nSPS) is 11.3. The summed E-state index contributed by atoms with van der Waals surface area (Å²) in [6.45, 7) is 5.50. The fourth-order valence-electron chi connectivity index (χ4n) is 4.16. The number of aromatic nitrogens is 2. The molecule has 0 bridgehead atoms. The Balaban J connectivity index is 1.60. The van der Waals surface area contributed by atoms with Gasteiger partial charge in [-0.25, -0.2) is 14.8 Å². The monoisotopic (exact) mass is 499 g/mol. The van der Waals surface area contributed by atoms with Crippen molar-refractivity contribution in [3.05, 3.63) is 78.2 Å². The third kappa shape index (κ3) is 6.76. The van der Waals surface area contributed by atoms with Gasteiger partial charge in [-0.2, -0.15) is 0 Å². The number of anilines is 1. The molecule has 0 atom stereocenters. The van der Waals surface area contributed by atoms with Gasteiger partial charge >= 0.3 is 6.09 Å². The number of carbonyl (C=O) groups is 1. The van der Waals surface area contributed by atoms with E-state index in [-0.39, 0.29) is 0 Å². The summed E-state index contributed by atoms with van der Waals surface area (Å²) < 4.78 is 16.4. The Labute approximate surface area is 217 Å². The third-order valence-electron chi connectivity index (χ3n) is 5.84. The van der Waals surface area contributed by atoms with E-state index in [9.17, 15) is 4.79 Å². The van der Waals surface area contributed by atoms with Crippen LogP contribution in [0.25, 0.3) is 22.0 Å². The number of benzene rings is 3. The number of rotatable bonds is 8. The molecular formula is C30H33N3O4. The van der Waals surface area contributed by atoms with Gasteiger partial charge in [-0.3, -0.25) is 5.32 Å². The summed E-state index contributed by atoms with van der Waals surface area (Å²) in [6.07, 6.45) is 3.76. The van der Waals surface area contributed by atoms with E-state index in [4.69, 9.17) is 19.2 Å². The maximum atomic E-state index is 12.6. The molecule has 7 nitrogen and oxygen atoms in total. The molecule has 4 aromatic rings. The lowest BCUT2D eigenvalue weighted by Gasteiger charge is -2.20. The van der Waals surface area contributed by atoms with Crippen molar-refractivity contribution in [1.29, 1.82) is 0 Å². The number of methoxy groups -OCH3 is 2. The summed E-state index contributed by atoms with van der Waals surface area (Å²) in [4.78, 5) is 21.9.